The van der Waals surface area contributed by atoms with Crippen molar-refractivity contribution in [1.82, 2.24) is 9.80 Å². The van der Waals surface area contributed by atoms with Gasteiger partial charge >= 0.3 is 0 Å². The summed E-state index contributed by atoms with van der Waals surface area (Å²) in [5.74, 6) is -2.58. The van der Waals surface area contributed by atoms with Crippen LogP contribution in [0.25, 0.3) is 0 Å². The minimum atomic E-state index is -1.23. The zero-order valence-electron chi connectivity index (χ0n) is 24.8. The number of fused-ring (bicyclic) bond motifs is 1. The topological polar surface area (TPSA) is 90.4 Å². The van der Waals surface area contributed by atoms with E-state index in [0.717, 1.165) is 5.56 Å². The molecule has 43 heavy (non-hydrogen) atoms. The average Bonchev–Trinajstić information content (AvgIpc) is 3.63. The third-order valence-electron chi connectivity index (χ3n) is 9.46. The van der Waals surface area contributed by atoms with Gasteiger partial charge in [-0.3, -0.25) is 14.4 Å². The number of halogens is 1. The van der Waals surface area contributed by atoms with Crippen LogP contribution in [0.15, 0.2) is 79.9 Å². The Hall–Kier alpha value is -3.46. The summed E-state index contributed by atoms with van der Waals surface area (Å²) in [5, 5.41) is 10.6. The van der Waals surface area contributed by atoms with Crippen LogP contribution in [0.3, 0.4) is 0 Å². The monoisotopic (exact) mass is 605 g/mol. The van der Waals surface area contributed by atoms with E-state index in [1.807, 2.05) is 37.3 Å². The van der Waals surface area contributed by atoms with Gasteiger partial charge in [0, 0.05) is 19.6 Å². The molecule has 0 saturated carbocycles. The summed E-state index contributed by atoms with van der Waals surface area (Å²) < 4.78 is 6.93. The fourth-order valence-corrected chi connectivity index (χ4v) is 7.75. The van der Waals surface area contributed by atoms with E-state index in [2.05, 4.69) is 13.2 Å². The van der Waals surface area contributed by atoms with Gasteiger partial charge in [0.25, 0.3) is 5.91 Å². The maximum absolute atomic E-state index is 14.7. The second kappa shape index (κ2) is 12.3. The number of rotatable bonds is 12. The first-order valence-corrected chi connectivity index (χ1v) is 15.3. The molecular formula is C34H40ClN3O5. The number of nitrogens with zero attached hydrogens (tertiary/aromatic N) is 3. The number of hydrogen-bond acceptors (Lipinski definition) is 5. The van der Waals surface area contributed by atoms with Crippen LogP contribution in [0.1, 0.15) is 38.7 Å². The van der Waals surface area contributed by atoms with Crippen molar-refractivity contribution in [2.24, 2.45) is 11.8 Å². The fraction of sp³-hybridized carbons (Fsp3) is 0.441. The normalized spacial score (nSPS) is 28.0. The fourth-order valence-electron chi connectivity index (χ4n) is 7.52. The lowest BCUT2D eigenvalue weighted by Gasteiger charge is -2.39. The van der Waals surface area contributed by atoms with E-state index in [0.29, 0.717) is 43.1 Å². The van der Waals surface area contributed by atoms with E-state index in [1.165, 1.54) is 9.80 Å². The molecule has 0 aliphatic carbocycles. The first-order chi connectivity index (χ1) is 20.7. The standard InChI is InChI=1S/C34H40ClN3O5/c1-5-19-36(21-24-13-9-8-10-14-24)30(40)27-28-31(41)38(23(4)22-39)29(34(28)18-17-33(27,7-3)43-34)32(42)37(20-6-2)26-16-12-11-15-25(26)35/h5-6,8-16,23,27-29,39H,1-2,7,17-22H2,3-4H3/t23-,27-,28+,29?,33+,34?/m1/s1. The summed E-state index contributed by atoms with van der Waals surface area (Å²) in [6.07, 6.45) is 4.78. The van der Waals surface area contributed by atoms with Crippen LogP contribution < -0.4 is 4.90 Å². The number of carbonyl (C=O) groups excluding carboxylic acids is 3. The van der Waals surface area contributed by atoms with Crippen LogP contribution in [0.2, 0.25) is 5.02 Å². The molecule has 6 atom stereocenters. The van der Waals surface area contributed by atoms with Gasteiger partial charge in [-0.1, -0.05) is 73.1 Å². The van der Waals surface area contributed by atoms with E-state index >= 15 is 0 Å². The minimum Gasteiger partial charge on any atom is -0.394 e. The second-order valence-corrected chi connectivity index (χ2v) is 12.2. The van der Waals surface area contributed by atoms with E-state index in [1.54, 1.807) is 48.2 Å². The maximum atomic E-state index is 14.7. The molecule has 0 aromatic heterocycles. The van der Waals surface area contributed by atoms with Crippen molar-refractivity contribution in [3.8, 4) is 0 Å². The van der Waals surface area contributed by atoms with Crippen LogP contribution >= 0.6 is 11.6 Å². The van der Waals surface area contributed by atoms with Crippen molar-refractivity contribution in [2.45, 2.75) is 62.9 Å². The van der Waals surface area contributed by atoms with Crippen molar-refractivity contribution in [3.63, 3.8) is 0 Å². The summed E-state index contributed by atoms with van der Waals surface area (Å²) in [6.45, 7) is 11.9. The number of hydrogen-bond donors (Lipinski definition) is 1. The van der Waals surface area contributed by atoms with Crippen LogP contribution in [0.5, 0.6) is 0 Å². The Morgan fingerprint density at radius 2 is 1.77 bits per heavy atom. The Morgan fingerprint density at radius 3 is 2.40 bits per heavy atom. The van der Waals surface area contributed by atoms with Crippen molar-refractivity contribution in [3.05, 3.63) is 90.5 Å². The molecule has 1 N–H and O–H groups in total. The molecule has 3 heterocycles. The summed E-state index contributed by atoms with van der Waals surface area (Å²) >= 11 is 6.55. The highest BCUT2D eigenvalue weighted by molar-refractivity contribution is 6.34. The highest BCUT2D eigenvalue weighted by atomic mass is 35.5. The predicted octanol–water partition coefficient (Wildman–Crippen LogP) is 4.61. The number of aliphatic hydroxyl groups excluding tert-OH is 1. The molecular weight excluding hydrogens is 566 g/mol. The molecule has 8 nitrogen and oxygen atoms in total. The molecule has 3 saturated heterocycles. The highest BCUT2D eigenvalue weighted by Crippen LogP contribution is 2.65. The van der Waals surface area contributed by atoms with Crippen molar-refractivity contribution in [2.75, 3.05) is 24.6 Å². The van der Waals surface area contributed by atoms with Crippen LogP contribution in [0, 0.1) is 11.8 Å². The van der Waals surface area contributed by atoms with Crippen LogP contribution in [-0.2, 0) is 25.7 Å². The lowest BCUT2D eigenvalue weighted by molar-refractivity contribution is -0.153. The second-order valence-electron chi connectivity index (χ2n) is 11.8. The maximum Gasteiger partial charge on any atom is 0.253 e. The molecule has 1 spiro atoms. The van der Waals surface area contributed by atoms with Crippen LogP contribution in [-0.4, -0.2) is 75.6 Å². The van der Waals surface area contributed by atoms with Gasteiger partial charge in [0.2, 0.25) is 11.8 Å². The molecule has 3 aliphatic rings. The molecule has 2 bridgehead atoms. The summed E-state index contributed by atoms with van der Waals surface area (Å²) in [4.78, 5) is 48.5. The number of ether oxygens (including phenoxy) is 1. The van der Waals surface area contributed by atoms with E-state index in [-0.39, 0.29) is 30.9 Å². The van der Waals surface area contributed by atoms with Gasteiger partial charge in [-0.2, -0.15) is 0 Å². The number of carbonyl (C=O) groups is 3. The lowest BCUT2D eigenvalue weighted by Crippen LogP contribution is -2.58. The first kappa shape index (κ1) is 31.0. The number of anilines is 1. The third kappa shape index (κ3) is 4.99. The Balaban J connectivity index is 1.60. The number of benzene rings is 2. The van der Waals surface area contributed by atoms with Crippen LogP contribution in [0.4, 0.5) is 5.69 Å². The number of likely N-dealkylation sites (tertiary alicyclic amines) is 1. The summed E-state index contributed by atoms with van der Waals surface area (Å²) in [5.41, 5.74) is -0.679. The quantitative estimate of drug-likeness (QED) is 0.357. The molecule has 2 aromatic rings. The number of aliphatic hydroxyl groups is 1. The SMILES string of the molecule is C=CCN(Cc1ccccc1)C(=O)[C@H]1[C@H]2C(=O)N([C@H](C)CO)C(C(=O)N(CC=C)c3ccccc3Cl)C23CC[C@]1(CC)O3. The highest BCUT2D eigenvalue weighted by Gasteiger charge is 2.79. The Labute approximate surface area is 258 Å². The van der Waals surface area contributed by atoms with Gasteiger partial charge in [-0.25, -0.2) is 0 Å². The lowest BCUT2D eigenvalue weighted by atomic mass is 9.64. The minimum absolute atomic E-state index is 0.154. The summed E-state index contributed by atoms with van der Waals surface area (Å²) in [7, 11) is 0. The molecule has 3 aliphatic heterocycles. The van der Waals surface area contributed by atoms with Crippen molar-refractivity contribution >= 4 is 35.0 Å². The largest absolute Gasteiger partial charge is 0.394 e. The van der Waals surface area contributed by atoms with Gasteiger partial charge in [-0.05, 0) is 43.9 Å². The smallest absolute Gasteiger partial charge is 0.253 e. The zero-order valence-corrected chi connectivity index (χ0v) is 25.6. The molecule has 5 rings (SSSR count). The number of amides is 3. The zero-order chi connectivity index (χ0) is 30.9. The molecule has 9 heteroatoms. The van der Waals surface area contributed by atoms with Gasteiger partial charge in [0.05, 0.1) is 40.8 Å². The van der Waals surface area contributed by atoms with E-state index < -0.39 is 35.1 Å². The number of para-hydroxylation sites is 1. The summed E-state index contributed by atoms with van der Waals surface area (Å²) in [6, 6.07) is 15.0. The predicted molar refractivity (Wildman–Crippen MR) is 166 cm³/mol. The molecule has 228 valence electrons. The first-order valence-electron chi connectivity index (χ1n) is 14.9. The van der Waals surface area contributed by atoms with E-state index in [4.69, 9.17) is 16.3 Å². The van der Waals surface area contributed by atoms with Gasteiger partial charge in [-0.15, -0.1) is 13.2 Å². The van der Waals surface area contributed by atoms with E-state index in [9.17, 15) is 19.5 Å². The molecule has 2 aromatic carbocycles. The van der Waals surface area contributed by atoms with Gasteiger partial charge in [0.1, 0.15) is 11.6 Å². The van der Waals surface area contributed by atoms with Crippen molar-refractivity contribution in [1.29, 1.82) is 0 Å². The van der Waals surface area contributed by atoms with Gasteiger partial charge < -0.3 is 24.5 Å². The molecule has 0 radical (unpaired) electrons. The Kier molecular flexibility index (Phi) is 8.84. The Bertz CT molecular complexity index is 1400. The third-order valence-corrected chi connectivity index (χ3v) is 9.78. The Morgan fingerprint density at radius 1 is 1.09 bits per heavy atom. The molecule has 2 unspecified atom stereocenters. The molecule has 3 amide bonds. The van der Waals surface area contributed by atoms with Crippen molar-refractivity contribution < 1.29 is 24.2 Å². The van der Waals surface area contributed by atoms with Gasteiger partial charge in [0.15, 0.2) is 0 Å². The average molecular weight is 606 g/mol. The molecule has 3 fully saturated rings.